The molecule has 0 radical (unpaired) electrons. The summed E-state index contributed by atoms with van der Waals surface area (Å²) in [5, 5.41) is 24.1. The van der Waals surface area contributed by atoms with Crippen LogP contribution in [0.2, 0.25) is 0 Å². The highest BCUT2D eigenvalue weighted by Crippen LogP contribution is 2.27. The molecular weight excluding hydrogens is 388 g/mol. The number of benzene rings is 3. The van der Waals surface area contributed by atoms with Crippen LogP contribution in [0.1, 0.15) is 10.4 Å². The maximum atomic E-state index is 12.4. The summed E-state index contributed by atoms with van der Waals surface area (Å²) in [5.41, 5.74) is 2.15. The van der Waals surface area contributed by atoms with Gasteiger partial charge in [-0.3, -0.25) is 14.9 Å². The van der Waals surface area contributed by atoms with Crippen LogP contribution in [0.3, 0.4) is 0 Å². The van der Waals surface area contributed by atoms with Crippen molar-refractivity contribution in [3.8, 4) is 17.1 Å². The van der Waals surface area contributed by atoms with E-state index in [4.69, 9.17) is 4.74 Å². The second-order valence-corrected chi connectivity index (χ2v) is 6.44. The Morgan fingerprint density at radius 2 is 1.80 bits per heavy atom. The molecule has 2 N–H and O–H groups in total. The van der Waals surface area contributed by atoms with E-state index in [-0.39, 0.29) is 22.9 Å². The normalized spacial score (nSPS) is 10.7. The molecule has 0 aliphatic rings. The Kier molecular flexibility index (Phi) is 4.77. The van der Waals surface area contributed by atoms with E-state index in [1.165, 1.54) is 18.2 Å². The Balaban J connectivity index is 1.56. The SMILES string of the molecule is COc1ccc(C(=O)Nc2ccc(-c3nc4ccc([N+](=O)[O-])cc4n3O)cc2)cc1. The van der Waals surface area contributed by atoms with Crippen molar-refractivity contribution >= 4 is 28.3 Å². The molecule has 9 heteroatoms. The van der Waals surface area contributed by atoms with Gasteiger partial charge >= 0.3 is 0 Å². The summed E-state index contributed by atoms with van der Waals surface area (Å²) in [4.78, 5) is 27.1. The van der Waals surface area contributed by atoms with E-state index in [2.05, 4.69) is 10.3 Å². The number of nitro benzene ring substituents is 1. The third-order valence-electron chi connectivity index (χ3n) is 4.58. The minimum atomic E-state index is -0.535. The number of fused-ring (bicyclic) bond motifs is 1. The second kappa shape index (κ2) is 7.55. The summed E-state index contributed by atoms with van der Waals surface area (Å²) in [5.74, 6) is 0.624. The standard InChI is InChI=1S/C21H16N4O5/c1-30-17-9-4-14(5-10-17)21(26)22-15-6-2-13(3-7-15)20-23-18-11-8-16(25(28)29)12-19(18)24(20)27/h2-12,27H,1H3,(H,22,26). The molecule has 1 amide bonds. The molecule has 4 rings (SSSR count). The number of nitrogens with one attached hydrogen (secondary N) is 1. The van der Waals surface area contributed by atoms with Gasteiger partial charge in [-0.25, -0.2) is 4.98 Å². The summed E-state index contributed by atoms with van der Waals surface area (Å²) in [7, 11) is 1.55. The number of imidazole rings is 1. The Morgan fingerprint density at radius 3 is 2.43 bits per heavy atom. The molecule has 0 aliphatic carbocycles. The minimum absolute atomic E-state index is 0.138. The first-order chi connectivity index (χ1) is 14.5. The third-order valence-corrected chi connectivity index (χ3v) is 4.58. The molecule has 1 aromatic heterocycles. The summed E-state index contributed by atoms with van der Waals surface area (Å²) < 4.78 is 5.89. The lowest BCUT2D eigenvalue weighted by atomic mass is 10.1. The monoisotopic (exact) mass is 404 g/mol. The van der Waals surface area contributed by atoms with Gasteiger partial charge in [-0.15, -0.1) is 0 Å². The number of non-ortho nitro benzene ring substituents is 1. The van der Waals surface area contributed by atoms with Crippen LogP contribution < -0.4 is 10.1 Å². The number of nitrogens with zero attached hydrogens (tertiary/aromatic N) is 3. The molecule has 0 saturated carbocycles. The van der Waals surface area contributed by atoms with Crippen LogP contribution in [0.4, 0.5) is 11.4 Å². The Bertz CT molecular complexity index is 1250. The number of hydrogen-bond donors (Lipinski definition) is 2. The molecular formula is C21H16N4O5. The third kappa shape index (κ3) is 3.51. The van der Waals surface area contributed by atoms with E-state index >= 15 is 0 Å². The van der Waals surface area contributed by atoms with Gasteiger partial charge in [0.15, 0.2) is 5.82 Å². The van der Waals surface area contributed by atoms with Crippen molar-refractivity contribution in [2.45, 2.75) is 0 Å². The predicted molar refractivity (Wildman–Crippen MR) is 110 cm³/mol. The molecule has 0 fully saturated rings. The van der Waals surface area contributed by atoms with Crippen molar-refractivity contribution in [3.63, 3.8) is 0 Å². The maximum Gasteiger partial charge on any atom is 0.271 e. The van der Waals surface area contributed by atoms with Gasteiger partial charge in [0.25, 0.3) is 11.6 Å². The Morgan fingerprint density at radius 1 is 1.10 bits per heavy atom. The van der Waals surface area contributed by atoms with Crippen molar-refractivity contribution in [2.75, 3.05) is 12.4 Å². The number of carbonyl (C=O) groups is 1. The number of nitro groups is 1. The lowest BCUT2D eigenvalue weighted by molar-refractivity contribution is -0.384. The van der Waals surface area contributed by atoms with E-state index in [1.54, 1.807) is 55.6 Å². The number of ether oxygens (including phenoxy) is 1. The molecule has 0 atom stereocenters. The van der Waals surface area contributed by atoms with Crippen molar-refractivity contribution in [2.24, 2.45) is 0 Å². The highest BCUT2D eigenvalue weighted by atomic mass is 16.6. The van der Waals surface area contributed by atoms with E-state index in [9.17, 15) is 20.1 Å². The lowest BCUT2D eigenvalue weighted by Crippen LogP contribution is -2.11. The number of anilines is 1. The van der Waals surface area contributed by atoms with Gasteiger partial charge in [-0.1, -0.05) is 0 Å². The highest BCUT2D eigenvalue weighted by Gasteiger charge is 2.16. The van der Waals surface area contributed by atoms with Gasteiger partial charge in [0, 0.05) is 28.9 Å². The van der Waals surface area contributed by atoms with Crippen molar-refractivity contribution in [1.82, 2.24) is 9.71 Å². The highest BCUT2D eigenvalue weighted by molar-refractivity contribution is 6.04. The van der Waals surface area contributed by atoms with Crippen LogP contribution in [0.5, 0.6) is 5.75 Å². The zero-order valence-corrected chi connectivity index (χ0v) is 15.8. The molecule has 0 bridgehead atoms. The van der Waals surface area contributed by atoms with E-state index in [0.717, 1.165) is 4.73 Å². The van der Waals surface area contributed by atoms with Crippen LogP contribution in [-0.2, 0) is 0 Å². The average Bonchev–Trinajstić information content (AvgIpc) is 3.10. The number of rotatable bonds is 5. The molecule has 0 unspecified atom stereocenters. The van der Waals surface area contributed by atoms with Gasteiger partial charge in [0.1, 0.15) is 11.3 Å². The molecule has 0 spiro atoms. The van der Waals surface area contributed by atoms with Crippen LogP contribution in [0.25, 0.3) is 22.4 Å². The zero-order chi connectivity index (χ0) is 21.3. The molecule has 150 valence electrons. The lowest BCUT2D eigenvalue weighted by Gasteiger charge is -2.07. The van der Waals surface area contributed by atoms with E-state index < -0.39 is 4.92 Å². The van der Waals surface area contributed by atoms with Crippen molar-refractivity contribution < 1.29 is 19.7 Å². The van der Waals surface area contributed by atoms with Gasteiger partial charge in [-0.2, -0.15) is 4.73 Å². The number of amides is 1. The van der Waals surface area contributed by atoms with Crippen LogP contribution in [0.15, 0.2) is 66.7 Å². The Labute approximate surface area is 170 Å². The maximum absolute atomic E-state index is 12.4. The molecule has 0 aliphatic heterocycles. The van der Waals surface area contributed by atoms with Gasteiger partial charge in [0.05, 0.1) is 17.5 Å². The quantitative estimate of drug-likeness (QED) is 0.293. The van der Waals surface area contributed by atoms with Gasteiger partial charge in [-0.05, 0) is 54.6 Å². The molecule has 4 aromatic rings. The van der Waals surface area contributed by atoms with Crippen molar-refractivity contribution in [3.05, 3.63) is 82.4 Å². The number of hydrogen-bond acceptors (Lipinski definition) is 6. The molecule has 3 aromatic carbocycles. The first-order valence-electron chi connectivity index (χ1n) is 8.88. The number of methoxy groups -OCH3 is 1. The molecule has 9 nitrogen and oxygen atoms in total. The molecule has 30 heavy (non-hydrogen) atoms. The fraction of sp³-hybridized carbons (Fsp3) is 0.0476. The average molecular weight is 404 g/mol. The summed E-state index contributed by atoms with van der Waals surface area (Å²) in [6.07, 6.45) is 0. The van der Waals surface area contributed by atoms with Crippen LogP contribution in [0, 0.1) is 10.1 Å². The summed E-state index contributed by atoms with van der Waals surface area (Å²) in [6, 6.07) is 17.5. The zero-order valence-electron chi connectivity index (χ0n) is 15.8. The van der Waals surface area contributed by atoms with Gasteiger partial charge in [0.2, 0.25) is 0 Å². The largest absolute Gasteiger partial charge is 0.497 e. The fourth-order valence-electron chi connectivity index (χ4n) is 3.00. The first-order valence-corrected chi connectivity index (χ1v) is 8.88. The molecule has 1 heterocycles. The van der Waals surface area contributed by atoms with E-state index in [1.807, 2.05) is 0 Å². The predicted octanol–water partition coefficient (Wildman–Crippen LogP) is 4.11. The van der Waals surface area contributed by atoms with E-state index in [0.29, 0.717) is 28.1 Å². The second-order valence-electron chi connectivity index (χ2n) is 6.44. The van der Waals surface area contributed by atoms with Crippen LogP contribution in [-0.4, -0.2) is 32.9 Å². The summed E-state index contributed by atoms with van der Waals surface area (Å²) >= 11 is 0. The summed E-state index contributed by atoms with van der Waals surface area (Å²) in [6.45, 7) is 0. The number of carbonyl (C=O) groups excluding carboxylic acids is 1. The van der Waals surface area contributed by atoms with Crippen molar-refractivity contribution in [1.29, 1.82) is 0 Å². The minimum Gasteiger partial charge on any atom is -0.497 e. The number of aromatic nitrogens is 2. The topological polar surface area (TPSA) is 120 Å². The van der Waals surface area contributed by atoms with Gasteiger partial charge < -0.3 is 15.3 Å². The Hall–Kier alpha value is -4.40. The first kappa shape index (κ1) is 18.9. The smallest absolute Gasteiger partial charge is 0.271 e. The molecule has 0 saturated heterocycles. The fourth-order valence-corrected chi connectivity index (χ4v) is 3.00. The van der Waals surface area contributed by atoms with Crippen LogP contribution >= 0.6 is 0 Å².